The first-order valence-electron chi connectivity index (χ1n) is 7.37. The number of rotatable bonds is 2. The lowest BCUT2D eigenvalue weighted by molar-refractivity contribution is 0.116. The molecule has 1 fully saturated rings. The minimum Gasteiger partial charge on any atom is -0.330 e. The van der Waals surface area contributed by atoms with E-state index < -0.39 is 0 Å². The van der Waals surface area contributed by atoms with Crippen LogP contribution in [-0.4, -0.2) is 30.6 Å². The molecule has 1 heterocycles. The van der Waals surface area contributed by atoms with Crippen LogP contribution < -0.4 is 5.73 Å². The average Bonchev–Trinajstić information content (AvgIpc) is 2.47. The Kier molecular flexibility index (Phi) is 3.67. The fraction of sp³-hybridized carbons (Fsp3) is 0.625. The number of hydrogen-bond acceptors (Lipinski definition) is 2. The zero-order valence-corrected chi connectivity index (χ0v) is 11.1. The van der Waals surface area contributed by atoms with Gasteiger partial charge in [0.15, 0.2) is 0 Å². The van der Waals surface area contributed by atoms with Crippen LogP contribution in [0, 0.1) is 5.92 Å². The number of hydrogen-bond donors (Lipinski definition) is 1. The molecule has 0 aromatic heterocycles. The van der Waals surface area contributed by atoms with Gasteiger partial charge in [-0.05, 0) is 62.2 Å². The smallest absolute Gasteiger partial charge is 0.0139 e. The number of likely N-dealkylation sites (tertiary alicyclic amines) is 1. The van der Waals surface area contributed by atoms with Crippen molar-refractivity contribution in [3.63, 3.8) is 0 Å². The van der Waals surface area contributed by atoms with Crippen molar-refractivity contribution >= 4 is 0 Å². The standard InChI is InChI=1S/C16H24N2/c17-11-13-4-3-9-18(12-13)16-8-7-14-5-1-2-6-15(14)10-16/h1-2,5-6,13,16H,3-4,7-12,17H2. The van der Waals surface area contributed by atoms with Crippen molar-refractivity contribution in [3.05, 3.63) is 35.4 Å². The van der Waals surface area contributed by atoms with Crippen LogP contribution in [0.5, 0.6) is 0 Å². The molecular weight excluding hydrogens is 220 g/mol. The van der Waals surface area contributed by atoms with Gasteiger partial charge in [0.25, 0.3) is 0 Å². The van der Waals surface area contributed by atoms with Crippen LogP contribution >= 0.6 is 0 Å². The molecule has 2 N–H and O–H groups in total. The molecule has 1 aromatic carbocycles. The first kappa shape index (κ1) is 12.2. The third-order valence-electron chi connectivity index (χ3n) is 4.72. The summed E-state index contributed by atoms with van der Waals surface area (Å²) in [6, 6.07) is 9.72. The van der Waals surface area contributed by atoms with E-state index in [1.54, 1.807) is 11.1 Å². The molecule has 0 amide bonds. The Morgan fingerprint density at radius 3 is 2.83 bits per heavy atom. The summed E-state index contributed by atoms with van der Waals surface area (Å²) in [4.78, 5) is 2.71. The number of fused-ring (bicyclic) bond motifs is 1. The predicted molar refractivity (Wildman–Crippen MR) is 75.6 cm³/mol. The third kappa shape index (κ3) is 2.45. The average molecular weight is 244 g/mol. The van der Waals surface area contributed by atoms with Gasteiger partial charge in [0, 0.05) is 12.6 Å². The maximum Gasteiger partial charge on any atom is 0.0139 e. The second-order valence-electron chi connectivity index (χ2n) is 5.90. The highest BCUT2D eigenvalue weighted by atomic mass is 15.2. The maximum absolute atomic E-state index is 5.84. The zero-order valence-electron chi connectivity index (χ0n) is 11.1. The van der Waals surface area contributed by atoms with Crippen LogP contribution in [-0.2, 0) is 12.8 Å². The van der Waals surface area contributed by atoms with Crippen LogP contribution in [0.2, 0.25) is 0 Å². The summed E-state index contributed by atoms with van der Waals surface area (Å²) < 4.78 is 0. The largest absolute Gasteiger partial charge is 0.330 e. The van der Waals surface area contributed by atoms with Crippen molar-refractivity contribution in [1.82, 2.24) is 4.90 Å². The van der Waals surface area contributed by atoms with Crippen LogP contribution in [0.3, 0.4) is 0 Å². The number of piperidine rings is 1. The Balaban J connectivity index is 1.68. The first-order valence-corrected chi connectivity index (χ1v) is 7.37. The Morgan fingerprint density at radius 2 is 2.00 bits per heavy atom. The van der Waals surface area contributed by atoms with Crippen molar-refractivity contribution in [2.24, 2.45) is 11.7 Å². The molecule has 0 saturated carbocycles. The zero-order chi connectivity index (χ0) is 12.4. The molecule has 18 heavy (non-hydrogen) atoms. The van der Waals surface area contributed by atoms with Crippen molar-refractivity contribution in [1.29, 1.82) is 0 Å². The summed E-state index contributed by atoms with van der Waals surface area (Å²) in [6.45, 7) is 3.37. The van der Waals surface area contributed by atoms with Gasteiger partial charge in [-0.1, -0.05) is 24.3 Å². The van der Waals surface area contributed by atoms with Crippen molar-refractivity contribution in [3.8, 4) is 0 Å². The van der Waals surface area contributed by atoms with Crippen LogP contribution in [0.25, 0.3) is 0 Å². The molecule has 2 unspecified atom stereocenters. The topological polar surface area (TPSA) is 29.3 Å². The van der Waals surface area contributed by atoms with Gasteiger partial charge >= 0.3 is 0 Å². The lowest BCUT2D eigenvalue weighted by atomic mass is 9.86. The molecule has 98 valence electrons. The van der Waals surface area contributed by atoms with E-state index >= 15 is 0 Å². The molecule has 1 aliphatic heterocycles. The normalized spacial score (nSPS) is 28.9. The SMILES string of the molecule is NCC1CCCN(C2CCc3ccccc3C2)C1. The van der Waals surface area contributed by atoms with Gasteiger partial charge in [0.2, 0.25) is 0 Å². The van der Waals surface area contributed by atoms with Crippen molar-refractivity contribution < 1.29 is 0 Å². The number of nitrogens with zero attached hydrogens (tertiary/aromatic N) is 1. The Morgan fingerprint density at radius 1 is 1.17 bits per heavy atom. The van der Waals surface area contributed by atoms with E-state index in [0.717, 1.165) is 18.5 Å². The van der Waals surface area contributed by atoms with E-state index in [2.05, 4.69) is 29.2 Å². The second kappa shape index (κ2) is 5.41. The lowest BCUT2D eigenvalue weighted by Crippen LogP contribution is -2.46. The number of aryl methyl sites for hydroxylation is 1. The molecule has 2 aliphatic rings. The summed E-state index contributed by atoms with van der Waals surface area (Å²) in [5.41, 5.74) is 8.99. The summed E-state index contributed by atoms with van der Waals surface area (Å²) in [5, 5.41) is 0. The summed E-state index contributed by atoms with van der Waals surface area (Å²) in [7, 11) is 0. The molecule has 0 spiro atoms. The van der Waals surface area contributed by atoms with E-state index in [9.17, 15) is 0 Å². The van der Waals surface area contributed by atoms with Gasteiger partial charge in [-0.25, -0.2) is 0 Å². The van der Waals surface area contributed by atoms with Gasteiger partial charge in [-0.2, -0.15) is 0 Å². The highest BCUT2D eigenvalue weighted by molar-refractivity contribution is 5.30. The Labute approximate surface area is 110 Å². The van der Waals surface area contributed by atoms with Crippen LogP contribution in [0.1, 0.15) is 30.4 Å². The minimum atomic E-state index is 0.732. The molecule has 2 heteroatoms. The molecule has 1 aromatic rings. The fourth-order valence-corrected chi connectivity index (χ4v) is 3.61. The van der Waals surface area contributed by atoms with E-state index in [1.165, 1.54) is 45.2 Å². The van der Waals surface area contributed by atoms with Crippen molar-refractivity contribution in [2.75, 3.05) is 19.6 Å². The minimum absolute atomic E-state index is 0.732. The maximum atomic E-state index is 5.84. The van der Waals surface area contributed by atoms with Gasteiger partial charge in [0.1, 0.15) is 0 Å². The Hall–Kier alpha value is -0.860. The molecule has 0 bridgehead atoms. The summed E-state index contributed by atoms with van der Waals surface area (Å²) >= 11 is 0. The van der Waals surface area contributed by atoms with Gasteiger partial charge in [-0.15, -0.1) is 0 Å². The monoisotopic (exact) mass is 244 g/mol. The third-order valence-corrected chi connectivity index (χ3v) is 4.72. The molecule has 0 radical (unpaired) electrons. The highest BCUT2D eigenvalue weighted by Crippen LogP contribution is 2.27. The van der Waals surface area contributed by atoms with Gasteiger partial charge in [0.05, 0.1) is 0 Å². The highest BCUT2D eigenvalue weighted by Gasteiger charge is 2.27. The molecular formula is C16H24N2. The lowest BCUT2D eigenvalue weighted by Gasteiger charge is -2.40. The van der Waals surface area contributed by atoms with Crippen molar-refractivity contribution in [2.45, 2.75) is 38.1 Å². The number of nitrogens with two attached hydrogens (primary N) is 1. The second-order valence-corrected chi connectivity index (χ2v) is 5.90. The van der Waals surface area contributed by atoms with E-state index in [0.29, 0.717) is 0 Å². The van der Waals surface area contributed by atoms with Crippen LogP contribution in [0.4, 0.5) is 0 Å². The molecule has 3 rings (SSSR count). The summed E-state index contributed by atoms with van der Waals surface area (Å²) in [6.07, 6.45) is 6.49. The van der Waals surface area contributed by atoms with Gasteiger partial charge in [-0.3, -0.25) is 4.90 Å². The number of benzene rings is 1. The molecule has 1 saturated heterocycles. The van der Waals surface area contributed by atoms with Crippen LogP contribution in [0.15, 0.2) is 24.3 Å². The molecule has 2 nitrogen and oxygen atoms in total. The van der Waals surface area contributed by atoms with E-state index in [-0.39, 0.29) is 0 Å². The van der Waals surface area contributed by atoms with E-state index in [1.807, 2.05) is 0 Å². The molecule has 2 atom stereocenters. The van der Waals surface area contributed by atoms with Gasteiger partial charge < -0.3 is 5.73 Å². The fourth-order valence-electron chi connectivity index (χ4n) is 3.61. The predicted octanol–water partition coefficient (Wildman–Crippen LogP) is 2.21. The summed E-state index contributed by atoms with van der Waals surface area (Å²) in [5.74, 6) is 0.732. The van der Waals surface area contributed by atoms with E-state index in [4.69, 9.17) is 5.73 Å². The quantitative estimate of drug-likeness (QED) is 0.864. The molecule has 1 aliphatic carbocycles. The Bertz CT molecular complexity index is 402. The first-order chi connectivity index (χ1) is 8.86.